The Hall–Kier alpha value is -1.55. The summed E-state index contributed by atoms with van der Waals surface area (Å²) < 4.78 is 0. The van der Waals surface area contributed by atoms with Gasteiger partial charge in [-0.1, -0.05) is 12.1 Å². The van der Waals surface area contributed by atoms with Gasteiger partial charge in [-0.3, -0.25) is 0 Å². The zero-order valence-corrected chi connectivity index (χ0v) is 11.5. The van der Waals surface area contributed by atoms with E-state index in [4.69, 9.17) is 0 Å². The molecular formula is C15H22N2O2. The van der Waals surface area contributed by atoms with E-state index in [2.05, 4.69) is 10.2 Å². The first-order valence-corrected chi connectivity index (χ1v) is 6.97. The van der Waals surface area contributed by atoms with E-state index >= 15 is 0 Å². The van der Waals surface area contributed by atoms with Crippen LogP contribution in [0, 0.1) is 6.92 Å². The van der Waals surface area contributed by atoms with Crippen LogP contribution < -0.4 is 5.32 Å². The van der Waals surface area contributed by atoms with Gasteiger partial charge in [-0.25, -0.2) is 4.79 Å². The van der Waals surface area contributed by atoms with E-state index in [-0.39, 0.29) is 0 Å². The molecule has 1 saturated heterocycles. The summed E-state index contributed by atoms with van der Waals surface area (Å²) in [6.07, 6.45) is 3.68. The van der Waals surface area contributed by atoms with Crippen molar-refractivity contribution in [3.05, 3.63) is 29.3 Å². The molecule has 0 amide bonds. The third-order valence-corrected chi connectivity index (χ3v) is 3.65. The third-order valence-electron chi connectivity index (χ3n) is 3.65. The van der Waals surface area contributed by atoms with E-state index in [9.17, 15) is 9.90 Å². The summed E-state index contributed by atoms with van der Waals surface area (Å²) in [6, 6.07) is 5.38. The molecule has 1 fully saturated rings. The zero-order valence-electron chi connectivity index (χ0n) is 11.5. The number of rotatable bonds is 6. The Bertz CT molecular complexity index is 440. The highest BCUT2D eigenvalue weighted by molar-refractivity contribution is 5.95. The zero-order chi connectivity index (χ0) is 13.7. The van der Waals surface area contributed by atoms with Gasteiger partial charge >= 0.3 is 5.97 Å². The Morgan fingerprint density at radius 2 is 2.11 bits per heavy atom. The topological polar surface area (TPSA) is 52.6 Å². The molecule has 0 spiro atoms. The second-order valence-electron chi connectivity index (χ2n) is 5.13. The molecule has 19 heavy (non-hydrogen) atoms. The standard InChI is InChI=1S/C15H22N2O2/c1-12-6-4-7-13(15(18)19)14(12)16-8-5-11-17-9-2-3-10-17/h4,6-7,16H,2-3,5,8-11H2,1H3,(H,18,19). The maximum atomic E-state index is 11.2. The summed E-state index contributed by atoms with van der Waals surface area (Å²) in [5.41, 5.74) is 2.11. The molecule has 1 heterocycles. The molecule has 4 nitrogen and oxygen atoms in total. The molecule has 1 aromatic carbocycles. The lowest BCUT2D eigenvalue weighted by molar-refractivity contribution is 0.0698. The summed E-state index contributed by atoms with van der Waals surface area (Å²) >= 11 is 0. The normalized spacial score (nSPS) is 15.6. The Kier molecular flexibility index (Phi) is 4.80. The molecule has 1 aliphatic heterocycles. The Labute approximate surface area is 114 Å². The summed E-state index contributed by atoms with van der Waals surface area (Å²) in [5, 5.41) is 12.5. The fraction of sp³-hybridized carbons (Fsp3) is 0.533. The number of anilines is 1. The highest BCUT2D eigenvalue weighted by atomic mass is 16.4. The van der Waals surface area contributed by atoms with Gasteiger partial charge in [0.05, 0.1) is 11.3 Å². The first kappa shape index (κ1) is 13.9. The summed E-state index contributed by atoms with van der Waals surface area (Å²) in [6.45, 7) is 6.29. The number of nitrogens with one attached hydrogen (secondary N) is 1. The molecule has 0 saturated carbocycles. The molecule has 0 unspecified atom stereocenters. The van der Waals surface area contributed by atoms with Crippen molar-refractivity contribution in [2.24, 2.45) is 0 Å². The van der Waals surface area contributed by atoms with Gasteiger partial charge in [0.1, 0.15) is 0 Å². The van der Waals surface area contributed by atoms with E-state index < -0.39 is 5.97 Å². The highest BCUT2D eigenvalue weighted by Crippen LogP contribution is 2.20. The van der Waals surface area contributed by atoms with Crippen LogP contribution in [0.15, 0.2) is 18.2 Å². The van der Waals surface area contributed by atoms with Crippen LogP contribution in [-0.4, -0.2) is 42.2 Å². The SMILES string of the molecule is Cc1cccc(C(=O)O)c1NCCCN1CCCC1. The molecule has 0 aliphatic carbocycles. The molecule has 1 aliphatic rings. The van der Waals surface area contributed by atoms with Crippen molar-refractivity contribution in [2.75, 3.05) is 31.5 Å². The van der Waals surface area contributed by atoms with E-state index in [1.165, 1.54) is 25.9 Å². The smallest absolute Gasteiger partial charge is 0.337 e. The Morgan fingerprint density at radius 3 is 2.79 bits per heavy atom. The molecule has 4 heteroatoms. The number of carboxylic acid groups (broad SMARTS) is 1. The van der Waals surface area contributed by atoms with Crippen molar-refractivity contribution in [3.8, 4) is 0 Å². The fourth-order valence-electron chi connectivity index (χ4n) is 2.60. The van der Waals surface area contributed by atoms with Crippen molar-refractivity contribution in [2.45, 2.75) is 26.2 Å². The minimum absolute atomic E-state index is 0.362. The molecule has 2 N–H and O–H groups in total. The average Bonchev–Trinajstić information content (AvgIpc) is 2.88. The van der Waals surface area contributed by atoms with E-state index in [1.807, 2.05) is 13.0 Å². The Morgan fingerprint density at radius 1 is 1.37 bits per heavy atom. The van der Waals surface area contributed by atoms with Gasteiger partial charge in [-0.15, -0.1) is 0 Å². The predicted molar refractivity (Wildman–Crippen MR) is 76.9 cm³/mol. The van der Waals surface area contributed by atoms with E-state index in [0.717, 1.165) is 30.8 Å². The lowest BCUT2D eigenvalue weighted by atomic mass is 10.1. The van der Waals surface area contributed by atoms with Gasteiger partial charge in [0.15, 0.2) is 0 Å². The minimum atomic E-state index is -0.870. The van der Waals surface area contributed by atoms with Crippen LogP contribution in [0.4, 0.5) is 5.69 Å². The molecule has 2 rings (SSSR count). The number of carboxylic acids is 1. The number of para-hydroxylation sites is 1. The highest BCUT2D eigenvalue weighted by Gasteiger charge is 2.12. The number of likely N-dealkylation sites (tertiary alicyclic amines) is 1. The summed E-state index contributed by atoms with van der Waals surface area (Å²) in [4.78, 5) is 13.6. The summed E-state index contributed by atoms with van der Waals surface area (Å²) in [5.74, 6) is -0.870. The Balaban J connectivity index is 1.86. The second-order valence-corrected chi connectivity index (χ2v) is 5.13. The molecule has 0 radical (unpaired) electrons. The van der Waals surface area contributed by atoms with Crippen LogP contribution >= 0.6 is 0 Å². The van der Waals surface area contributed by atoms with Crippen LogP contribution in [0.25, 0.3) is 0 Å². The lowest BCUT2D eigenvalue weighted by Gasteiger charge is -2.16. The first-order chi connectivity index (χ1) is 9.18. The quantitative estimate of drug-likeness (QED) is 0.774. The fourth-order valence-corrected chi connectivity index (χ4v) is 2.60. The molecule has 104 valence electrons. The minimum Gasteiger partial charge on any atom is -0.478 e. The molecular weight excluding hydrogens is 240 g/mol. The number of carbonyl (C=O) groups is 1. The first-order valence-electron chi connectivity index (χ1n) is 6.97. The van der Waals surface area contributed by atoms with Crippen molar-refractivity contribution in [1.29, 1.82) is 0 Å². The largest absolute Gasteiger partial charge is 0.478 e. The predicted octanol–water partition coefficient (Wildman–Crippen LogP) is 2.59. The van der Waals surface area contributed by atoms with E-state index in [0.29, 0.717) is 5.56 Å². The number of aromatic carboxylic acids is 1. The molecule has 1 aromatic rings. The maximum absolute atomic E-state index is 11.2. The van der Waals surface area contributed by atoms with Gasteiger partial charge in [-0.05, 0) is 57.5 Å². The van der Waals surface area contributed by atoms with Crippen LogP contribution in [0.2, 0.25) is 0 Å². The van der Waals surface area contributed by atoms with Gasteiger partial charge in [0, 0.05) is 6.54 Å². The molecule has 0 atom stereocenters. The maximum Gasteiger partial charge on any atom is 0.337 e. The summed E-state index contributed by atoms with van der Waals surface area (Å²) in [7, 11) is 0. The monoisotopic (exact) mass is 262 g/mol. The van der Waals surface area contributed by atoms with Crippen molar-refractivity contribution in [1.82, 2.24) is 4.90 Å². The number of nitrogens with zero attached hydrogens (tertiary/aromatic N) is 1. The lowest BCUT2D eigenvalue weighted by Crippen LogP contribution is -2.22. The van der Waals surface area contributed by atoms with Gasteiger partial charge in [-0.2, -0.15) is 0 Å². The number of hydrogen-bond donors (Lipinski definition) is 2. The third kappa shape index (κ3) is 3.70. The molecule has 0 aromatic heterocycles. The van der Waals surface area contributed by atoms with Crippen molar-refractivity contribution < 1.29 is 9.90 Å². The van der Waals surface area contributed by atoms with Crippen LogP contribution in [-0.2, 0) is 0 Å². The average molecular weight is 262 g/mol. The van der Waals surface area contributed by atoms with Gasteiger partial charge in [0.2, 0.25) is 0 Å². The van der Waals surface area contributed by atoms with Crippen LogP contribution in [0.1, 0.15) is 35.2 Å². The van der Waals surface area contributed by atoms with Gasteiger partial charge in [0.25, 0.3) is 0 Å². The van der Waals surface area contributed by atoms with Gasteiger partial charge < -0.3 is 15.3 Å². The van der Waals surface area contributed by atoms with Crippen molar-refractivity contribution >= 4 is 11.7 Å². The number of hydrogen-bond acceptors (Lipinski definition) is 3. The van der Waals surface area contributed by atoms with E-state index in [1.54, 1.807) is 12.1 Å². The van der Waals surface area contributed by atoms with Crippen molar-refractivity contribution in [3.63, 3.8) is 0 Å². The van der Waals surface area contributed by atoms with Crippen LogP contribution in [0.3, 0.4) is 0 Å². The number of aryl methyl sites for hydroxylation is 1. The second kappa shape index (κ2) is 6.57. The van der Waals surface area contributed by atoms with Crippen LogP contribution in [0.5, 0.6) is 0 Å². The molecule has 0 bridgehead atoms. The number of benzene rings is 1.